The van der Waals surface area contributed by atoms with Gasteiger partial charge in [0.1, 0.15) is 7.06 Å². The minimum atomic E-state index is -0.542. The molecule has 0 aliphatic carbocycles. The van der Waals surface area contributed by atoms with Crippen molar-refractivity contribution >= 4 is 39.7 Å². The number of nitrogens with zero attached hydrogens (tertiary/aromatic N) is 4. The summed E-state index contributed by atoms with van der Waals surface area (Å²) in [6.45, 7) is 1.69. The van der Waals surface area contributed by atoms with Gasteiger partial charge in [0.25, 0.3) is 5.69 Å². The van der Waals surface area contributed by atoms with Crippen LogP contribution in [0.25, 0.3) is 10.4 Å². The van der Waals surface area contributed by atoms with Gasteiger partial charge in [-0.15, -0.1) is 6.40 Å². The van der Waals surface area contributed by atoms with Gasteiger partial charge in [-0.25, -0.2) is 0 Å². The Morgan fingerprint density at radius 2 is 2.41 bits per heavy atom. The maximum absolute atomic E-state index is 10.9. The fourth-order valence-electron chi connectivity index (χ4n) is 1.38. The molecule has 1 rings (SSSR count). The number of rotatable bonds is 8. The van der Waals surface area contributed by atoms with Crippen molar-refractivity contribution in [1.82, 2.24) is 0 Å². The Balaban J connectivity index is 0.00000108. The van der Waals surface area contributed by atoms with E-state index in [1.165, 1.54) is 18.2 Å². The number of benzene rings is 1. The Labute approximate surface area is 142 Å². The molecule has 1 aromatic carbocycles. The summed E-state index contributed by atoms with van der Waals surface area (Å²) in [5, 5.41) is 17.1. The molecule has 0 unspecified atom stereocenters. The SMILES string of the molecule is [2H]C#CI.[N-]=[N+]=Nc1ccc(NCCOCCN)c([N+](=O)[O-])c1. The summed E-state index contributed by atoms with van der Waals surface area (Å²) >= 11 is 1.80. The van der Waals surface area contributed by atoms with Crippen molar-refractivity contribution in [3.8, 4) is 10.3 Å². The number of terminal acetylenes is 1. The first-order valence-electron chi connectivity index (χ1n) is 6.48. The van der Waals surface area contributed by atoms with Crippen LogP contribution in [0.4, 0.5) is 17.1 Å². The van der Waals surface area contributed by atoms with Gasteiger partial charge in [0, 0.05) is 52.3 Å². The molecule has 1 aromatic rings. The first kappa shape index (κ1) is 18.0. The van der Waals surface area contributed by atoms with Gasteiger partial charge in [-0.2, -0.15) is 0 Å². The van der Waals surface area contributed by atoms with Gasteiger partial charge in [-0.05, 0) is 15.5 Å². The lowest BCUT2D eigenvalue weighted by molar-refractivity contribution is -0.383. The van der Waals surface area contributed by atoms with Crippen molar-refractivity contribution in [2.75, 3.05) is 31.6 Å². The number of anilines is 1. The van der Waals surface area contributed by atoms with E-state index in [1.807, 2.05) is 6.40 Å². The van der Waals surface area contributed by atoms with E-state index in [1.54, 1.807) is 22.6 Å². The second kappa shape index (κ2) is 12.7. The minimum Gasteiger partial charge on any atom is -0.378 e. The van der Waals surface area contributed by atoms with Gasteiger partial charge < -0.3 is 15.8 Å². The zero-order chi connectivity index (χ0) is 17.5. The highest BCUT2D eigenvalue weighted by Gasteiger charge is 2.13. The minimum absolute atomic E-state index is 0.149. The number of nitro groups is 1. The van der Waals surface area contributed by atoms with Gasteiger partial charge in [-0.1, -0.05) is 11.2 Å². The van der Waals surface area contributed by atoms with Crippen molar-refractivity contribution < 1.29 is 11.0 Å². The maximum atomic E-state index is 10.9. The van der Waals surface area contributed by atoms with E-state index in [2.05, 4.69) is 19.3 Å². The Hall–Kier alpha value is -2.06. The van der Waals surface area contributed by atoms with Crippen LogP contribution in [-0.2, 0) is 4.74 Å². The lowest BCUT2D eigenvalue weighted by Crippen LogP contribution is -2.14. The molecule has 0 aliphatic rings. The van der Waals surface area contributed by atoms with Crippen LogP contribution in [0.2, 0.25) is 0 Å². The quantitative estimate of drug-likeness (QED) is 0.0975. The van der Waals surface area contributed by atoms with Crippen molar-refractivity contribution in [3.05, 3.63) is 38.8 Å². The zero-order valence-corrected chi connectivity index (χ0v) is 13.7. The number of hydrogen-bond donors (Lipinski definition) is 2. The molecule has 0 atom stereocenters. The predicted octanol–water partition coefficient (Wildman–Crippen LogP) is 2.94. The first-order valence-corrected chi connectivity index (χ1v) is 7.06. The summed E-state index contributed by atoms with van der Waals surface area (Å²) in [6, 6.07) is 4.20. The van der Waals surface area contributed by atoms with Gasteiger partial charge in [-0.3, -0.25) is 10.1 Å². The van der Waals surface area contributed by atoms with E-state index in [4.69, 9.17) is 17.4 Å². The summed E-state index contributed by atoms with van der Waals surface area (Å²) in [6.07, 6.45) is 1.92. The van der Waals surface area contributed by atoms with Crippen LogP contribution >= 0.6 is 22.6 Å². The first-order chi connectivity index (χ1) is 11.1. The molecule has 0 aliphatic heterocycles. The number of ether oxygens (including phenoxy) is 1. The molecule has 0 saturated carbocycles. The second-order valence-corrected chi connectivity index (χ2v) is 4.11. The molecule has 0 bridgehead atoms. The van der Waals surface area contributed by atoms with E-state index >= 15 is 0 Å². The molecular weight excluding hydrogens is 403 g/mol. The van der Waals surface area contributed by atoms with E-state index < -0.39 is 4.92 Å². The van der Waals surface area contributed by atoms with Gasteiger partial charge in [0.2, 0.25) is 0 Å². The van der Waals surface area contributed by atoms with E-state index in [0.29, 0.717) is 32.0 Å². The standard InChI is InChI=1S/C10H14N6O3.C2HI/c11-3-5-19-6-4-13-9-2-1-8(14-15-12)7-10(9)16(17)18;1-2-3/h1-2,7,13H,3-6,11H2;1H/i;1D. The van der Waals surface area contributed by atoms with Crippen molar-refractivity contribution in [3.63, 3.8) is 0 Å². The topological polar surface area (TPSA) is 139 Å². The average Bonchev–Trinajstić information content (AvgIpc) is 2.56. The monoisotopic (exact) mass is 419 g/mol. The molecule has 0 fully saturated rings. The molecule has 0 saturated heterocycles. The van der Waals surface area contributed by atoms with Gasteiger partial charge in [0.15, 0.2) is 0 Å². The van der Waals surface area contributed by atoms with E-state index in [9.17, 15) is 10.1 Å². The molecular formula is C12H15IN6O3. The van der Waals surface area contributed by atoms with Crippen molar-refractivity contribution in [2.24, 2.45) is 10.8 Å². The fourth-order valence-corrected chi connectivity index (χ4v) is 1.38. The largest absolute Gasteiger partial charge is 0.378 e. The molecule has 3 N–H and O–H groups in total. The van der Waals surface area contributed by atoms with E-state index in [0.717, 1.165) is 0 Å². The van der Waals surface area contributed by atoms with E-state index in [-0.39, 0.29) is 11.4 Å². The smallest absolute Gasteiger partial charge is 0.292 e. The zero-order valence-electron chi connectivity index (χ0n) is 12.5. The average molecular weight is 419 g/mol. The molecule has 0 amide bonds. The molecule has 9 nitrogen and oxygen atoms in total. The molecule has 0 aromatic heterocycles. The second-order valence-electron chi connectivity index (χ2n) is 3.57. The van der Waals surface area contributed by atoms with Crippen LogP contribution in [-0.4, -0.2) is 31.2 Å². The Morgan fingerprint density at radius 3 is 2.95 bits per heavy atom. The molecule has 10 heteroatoms. The highest BCUT2D eigenvalue weighted by Crippen LogP contribution is 2.29. The third kappa shape index (κ3) is 8.28. The Bertz CT molecular complexity index is 607. The number of halogens is 1. The third-order valence-corrected chi connectivity index (χ3v) is 2.16. The summed E-state index contributed by atoms with van der Waals surface area (Å²) < 4.78 is 13.5. The summed E-state index contributed by atoms with van der Waals surface area (Å²) in [5.74, 6) is 0. The summed E-state index contributed by atoms with van der Waals surface area (Å²) in [7, 11) is 0. The van der Waals surface area contributed by atoms with Gasteiger partial charge >= 0.3 is 0 Å². The van der Waals surface area contributed by atoms with Crippen molar-refractivity contribution in [1.29, 1.82) is 0 Å². The summed E-state index contributed by atoms with van der Waals surface area (Å²) in [5.41, 5.74) is 13.9. The highest BCUT2D eigenvalue weighted by atomic mass is 127. The number of azide groups is 1. The normalized spacial score (nSPS) is 9.09. The predicted molar refractivity (Wildman–Crippen MR) is 93.1 cm³/mol. The van der Waals surface area contributed by atoms with Crippen LogP contribution in [0.3, 0.4) is 0 Å². The van der Waals surface area contributed by atoms with Crippen LogP contribution in [0.5, 0.6) is 0 Å². The number of nitro benzene ring substituents is 1. The number of nitrogens with one attached hydrogen (secondary N) is 1. The number of nitrogens with two attached hydrogens (primary N) is 1. The Kier molecular flexibility index (Phi) is 10.4. The summed E-state index contributed by atoms with van der Waals surface area (Å²) in [4.78, 5) is 12.9. The van der Waals surface area contributed by atoms with Gasteiger partial charge in [0.05, 0.1) is 18.1 Å². The number of hydrogen-bond acceptors (Lipinski definition) is 6. The van der Waals surface area contributed by atoms with Crippen LogP contribution in [0.15, 0.2) is 23.3 Å². The fraction of sp³-hybridized carbons (Fsp3) is 0.333. The lowest BCUT2D eigenvalue weighted by atomic mass is 10.2. The van der Waals surface area contributed by atoms with Crippen LogP contribution in [0.1, 0.15) is 1.37 Å². The molecule has 0 spiro atoms. The molecule has 0 radical (unpaired) electrons. The van der Waals surface area contributed by atoms with Crippen molar-refractivity contribution in [2.45, 2.75) is 0 Å². The Morgan fingerprint density at radius 1 is 1.68 bits per heavy atom. The molecule has 22 heavy (non-hydrogen) atoms. The maximum Gasteiger partial charge on any atom is 0.292 e. The molecule has 118 valence electrons. The molecule has 0 heterocycles. The highest BCUT2D eigenvalue weighted by molar-refractivity contribution is 14.1. The third-order valence-electron chi connectivity index (χ3n) is 2.16. The van der Waals surface area contributed by atoms with Crippen LogP contribution in [0, 0.1) is 20.4 Å². The lowest BCUT2D eigenvalue weighted by Gasteiger charge is -2.07. The van der Waals surface area contributed by atoms with Crippen LogP contribution < -0.4 is 11.1 Å².